The lowest BCUT2D eigenvalue weighted by molar-refractivity contribution is 0.628. The molecule has 0 saturated heterocycles. The van der Waals surface area contributed by atoms with Gasteiger partial charge in [-0.1, -0.05) is 31.7 Å². The Balaban J connectivity index is 1.65. The Morgan fingerprint density at radius 1 is 1.15 bits per heavy atom. The van der Waals surface area contributed by atoms with Crippen molar-refractivity contribution < 1.29 is 4.39 Å². The van der Waals surface area contributed by atoms with Crippen molar-refractivity contribution in [3.8, 4) is 22.8 Å². The molecule has 1 aromatic carbocycles. The average Bonchev–Trinajstić information content (AvgIpc) is 3.47. The van der Waals surface area contributed by atoms with Crippen LogP contribution in [0.2, 0.25) is 0 Å². The van der Waals surface area contributed by atoms with Gasteiger partial charge in [0.1, 0.15) is 17.0 Å². The van der Waals surface area contributed by atoms with Crippen LogP contribution in [0.5, 0.6) is 0 Å². The van der Waals surface area contributed by atoms with Crippen LogP contribution in [0.4, 0.5) is 4.39 Å². The number of H-pyrrole nitrogens is 2. The van der Waals surface area contributed by atoms with Crippen LogP contribution in [0, 0.1) is 5.82 Å². The first-order valence-corrected chi connectivity index (χ1v) is 11.0. The standard InChI is InChI=1S/C27H23FN6/c1-4-17-12-19(15-29-14-17)16(3)11-21-22(5-2)33-34-25(21)27-31-23-9-10-30-24(26(23)32-27)18-7-6-8-20(28)13-18/h5-15,33H,3-4H2,1-2H3,(H,31,32)/b21-11+,22-5+. The Morgan fingerprint density at radius 2 is 2.03 bits per heavy atom. The lowest BCUT2D eigenvalue weighted by Gasteiger charge is -2.02. The number of fused-ring (bicyclic) bond motifs is 1. The Labute approximate surface area is 195 Å². The number of halogens is 1. The summed E-state index contributed by atoms with van der Waals surface area (Å²) < 4.78 is 13.8. The highest BCUT2D eigenvalue weighted by Gasteiger charge is 2.15. The van der Waals surface area contributed by atoms with Crippen molar-refractivity contribution >= 4 is 28.8 Å². The number of benzene rings is 1. The van der Waals surface area contributed by atoms with Crippen molar-refractivity contribution in [1.82, 2.24) is 30.1 Å². The van der Waals surface area contributed by atoms with Crippen LogP contribution in [0.3, 0.4) is 0 Å². The van der Waals surface area contributed by atoms with E-state index < -0.39 is 0 Å². The number of nitrogens with one attached hydrogen (secondary N) is 2. The number of allylic oxidation sites excluding steroid dienone is 1. The molecule has 7 heteroatoms. The zero-order valence-corrected chi connectivity index (χ0v) is 18.9. The molecule has 0 aliphatic carbocycles. The van der Waals surface area contributed by atoms with Gasteiger partial charge in [-0.25, -0.2) is 9.37 Å². The fourth-order valence-electron chi connectivity index (χ4n) is 3.92. The number of hydrogen-bond acceptors (Lipinski definition) is 4. The first kappa shape index (κ1) is 21.5. The fraction of sp³-hybridized carbons (Fsp3) is 0.111. The maximum Gasteiger partial charge on any atom is 0.159 e. The molecule has 34 heavy (non-hydrogen) atoms. The highest BCUT2D eigenvalue weighted by molar-refractivity contribution is 5.92. The number of pyridine rings is 2. The second-order valence-electron chi connectivity index (χ2n) is 7.94. The van der Waals surface area contributed by atoms with Crippen LogP contribution >= 0.6 is 0 Å². The van der Waals surface area contributed by atoms with Gasteiger partial charge in [0.05, 0.1) is 16.6 Å². The second kappa shape index (κ2) is 8.86. The molecule has 0 amide bonds. The SMILES string of the molecule is C=C(/C=c1/c(-c2nc3c(-c4cccc(F)c4)nccc3[nH]2)n[nH]/c1=C/C)c1cncc(CC)c1. The van der Waals surface area contributed by atoms with E-state index >= 15 is 0 Å². The van der Waals surface area contributed by atoms with Crippen molar-refractivity contribution in [3.05, 3.63) is 89.1 Å². The summed E-state index contributed by atoms with van der Waals surface area (Å²) in [4.78, 5) is 16.9. The molecule has 2 N–H and O–H groups in total. The molecule has 0 bridgehead atoms. The van der Waals surface area contributed by atoms with E-state index in [-0.39, 0.29) is 5.82 Å². The van der Waals surface area contributed by atoms with Gasteiger partial charge in [0.15, 0.2) is 5.82 Å². The predicted molar refractivity (Wildman–Crippen MR) is 133 cm³/mol. The molecular weight excluding hydrogens is 427 g/mol. The zero-order chi connectivity index (χ0) is 23.7. The monoisotopic (exact) mass is 450 g/mol. The summed E-state index contributed by atoms with van der Waals surface area (Å²) in [7, 11) is 0. The van der Waals surface area contributed by atoms with E-state index in [0.29, 0.717) is 28.3 Å². The Bertz CT molecular complexity index is 1640. The van der Waals surface area contributed by atoms with Crippen molar-refractivity contribution in [2.75, 3.05) is 0 Å². The van der Waals surface area contributed by atoms with Crippen LogP contribution in [0.15, 0.2) is 61.6 Å². The van der Waals surface area contributed by atoms with Gasteiger partial charge in [-0.3, -0.25) is 15.1 Å². The molecule has 0 radical (unpaired) electrons. The molecule has 0 fully saturated rings. The third-order valence-corrected chi connectivity index (χ3v) is 5.74. The van der Waals surface area contributed by atoms with Gasteiger partial charge in [-0.05, 0) is 60.4 Å². The van der Waals surface area contributed by atoms with Gasteiger partial charge in [0.25, 0.3) is 0 Å². The smallest absolute Gasteiger partial charge is 0.159 e. The second-order valence-corrected chi connectivity index (χ2v) is 7.94. The third kappa shape index (κ3) is 3.92. The number of hydrogen-bond donors (Lipinski definition) is 2. The highest BCUT2D eigenvalue weighted by Crippen LogP contribution is 2.27. The first-order valence-electron chi connectivity index (χ1n) is 11.0. The molecule has 0 aliphatic heterocycles. The summed E-state index contributed by atoms with van der Waals surface area (Å²) in [5, 5.41) is 9.34. The molecule has 0 unspecified atom stereocenters. The normalized spacial score (nSPS) is 12.6. The third-order valence-electron chi connectivity index (χ3n) is 5.74. The zero-order valence-electron chi connectivity index (χ0n) is 18.9. The molecule has 0 aliphatic rings. The van der Waals surface area contributed by atoms with Gasteiger partial charge in [-0.2, -0.15) is 5.10 Å². The predicted octanol–water partition coefficient (Wildman–Crippen LogP) is 4.41. The Kier molecular flexibility index (Phi) is 5.59. The van der Waals surface area contributed by atoms with Crippen molar-refractivity contribution in [1.29, 1.82) is 0 Å². The van der Waals surface area contributed by atoms with Gasteiger partial charge in [-0.15, -0.1) is 0 Å². The summed E-state index contributed by atoms with van der Waals surface area (Å²) in [5.41, 5.74) is 6.30. The van der Waals surface area contributed by atoms with Crippen molar-refractivity contribution in [3.63, 3.8) is 0 Å². The molecule has 5 aromatic rings. The largest absolute Gasteiger partial charge is 0.336 e. The molecule has 4 aromatic heterocycles. The molecular formula is C27H23FN6. The first-order chi connectivity index (χ1) is 16.6. The van der Waals surface area contributed by atoms with Crippen LogP contribution in [0.25, 0.3) is 51.5 Å². The summed E-state index contributed by atoms with van der Waals surface area (Å²) in [5.74, 6) is 0.268. The van der Waals surface area contributed by atoms with Gasteiger partial charge < -0.3 is 4.98 Å². The van der Waals surface area contributed by atoms with Crippen LogP contribution in [-0.4, -0.2) is 30.1 Å². The number of aryl methyl sites for hydroxylation is 1. The lowest BCUT2D eigenvalue weighted by Crippen LogP contribution is -2.23. The number of aromatic amines is 2. The van der Waals surface area contributed by atoms with E-state index in [9.17, 15) is 4.39 Å². The Morgan fingerprint density at radius 3 is 2.82 bits per heavy atom. The molecule has 0 atom stereocenters. The van der Waals surface area contributed by atoms with E-state index in [1.54, 1.807) is 12.3 Å². The number of imidazole rings is 1. The maximum atomic E-state index is 13.8. The summed E-state index contributed by atoms with van der Waals surface area (Å²) in [6.07, 6.45) is 10.2. The lowest BCUT2D eigenvalue weighted by atomic mass is 10.1. The van der Waals surface area contributed by atoms with Crippen molar-refractivity contribution in [2.45, 2.75) is 20.3 Å². The van der Waals surface area contributed by atoms with Crippen molar-refractivity contribution in [2.24, 2.45) is 0 Å². The van der Waals surface area contributed by atoms with E-state index in [0.717, 1.165) is 39.2 Å². The molecule has 6 nitrogen and oxygen atoms in total. The minimum Gasteiger partial charge on any atom is -0.336 e. The quantitative estimate of drug-likeness (QED) is 0.416. The van der Waals surface area contributed by atoms with E-state index in [1.165, 1.54) is 12.1 Å². The van der Waals surface area contributed by atoms with Gasteiger partial charge in [0, 0.05) is 29.4 Å². The van der Waals surface area contributed by atoms with Crippen LogP contribution < -0.4 is 10.6 Å². The molecule has 168 valence electrons. The average molecular weight is 451 g/mol. The number of rotatable bonds is 5. The summed E-state index contributed by atoms with van der Waals surface area (Å²) in [6, 6.07) is 10.3. The maximum absolute atomic E-state index is 13.8. The molecule has 5 rings (SSSR count). The minimum atomic E-state index is -0.320. The topological polar surface area (TPSA) is 83.1 Å². The Hall–Kier alpha value is -4.39. The highest BCUT2D eigenvalue weighted by atomic mass is 19.1. The van der Waals surface area contributed by atoms with Gasteiger partial charge in [0.2, 0.25) is 0 Å². The minimum absolute atomic E-state index is 0.320. The van der Waals surface area contributed by atoms with E-state index in [1.807, 2.05) is 43.6 Å². The van der Waals surface area contributed by atoms with E-state index in [4.69, 9.17) is 4.98 Å². The fourth-order valence-corrected chi connectivity index (χ4v) is 3.92. The van der Waals surface area contributed by atoms with E-state index in [2.05, 4.69) is 44.7 Å². The van der Waals surface area contributed by atoms with Gasteiger partial charge >= 0.3 is 0 Å². The molecule has 4 heterocycles. The number of nitrogens with zero attached hydrogens (tertiary/aromatic N) is 4. The molecule has 0 spiro atoms. The summed E-state index contributed by atoms with van der Waals surface area (Å²) >= 11 is 0. The summed E-state index contributed by atoms with van der Waals surface area (Å²) in [6.45, 7) is 8.31. The molecule has 0 saturated carbocycles. The number of aromatic nitrogens is 6. The van der Waals surface area contributed by atoms with Crippen LogP contribution in [0.1, 0.15) is 25.0 Å². The van der Waals surface area contributed by atoms with Crippen LogP contribution in [-0.2, 0) is 6.42 Å².